The molecule has 0 bridgehead atoms. The number of hydrogen-bond acceptors (Lipinski definition) is 6. The molecule has 2 aliphatic heterocycles. The SMILES string of the molecule is N#C[C@]12CCC3(OCCO3)C3=CO[C@H](Cc4cc(OCc5ccccn5)ccc41)[C@@H]32. The molecule has 1 spiro atoms. The maximum absolute atomic E-state index is 10.4. The van der Waals surface area contributed by atoms with Crippen LogP contribution in [-0.2, 0) is 32.7 Å². The van der Waals surface area contributed by atoms with E-state index in [1.807, 2.05) is 24.3 Å². The van der Waals surface area contributed by atoms with Gasteiger partial charge in [0.05, 0.1) is 36.7 Å². The molecule has 2 fully saturated rings. The van der Waals surface area contributed by atoms with Crippen molar-refractivity contribution >= 4 is 0 Å². The van der Waals surface area contributed by atoms with Gasteiger partial charge in [0.2, 0.25) is 0 Å². The Morgan fingerprint density at radius 1 is 1.17 bits per heavy atom. The number of aromatic nitrogens is 1. The number of nitriles is 1. The highest BCUT2D eigenvalue weighted by Gasteiger charge is 2.63. The van der Waals surface area contributed by atoms with Crippen molar-refractivity contribution in [3.63, 3.8) is 0 Å². The molecule has 30 heavy (non-hydrogen) atoms. The number of rotatable bonds is 3. The molecule has 1 saturated heterocycles. The topological polar surface area (TPSA) is 73.6 Å². The summed E-state index contributed by atoms with van der Waals surface area (Å²) in [6.45, 7) is 1.58. The van der Waals surface area contributed by atoms with E-state index in [2.05, 4.69) is 23.2 Å². The van der Waals surface area contributed by atoms with Crippen LogP contribution in [0.25, 0.3) is 0 Å². The maximum atomic E-state index is 10.4. The molecule has 6 rings (SSSR count). The van der Waals surface area contributed by atoms with E-state index in [1.54, 1.807) is 12.5 Å². The second-order valence-electron chi connectivity index (χ2n) is 8.39. The van der Waals surface area contributed by atoms with E-state index in [1.165, 1.54) is 0 Å². The number of ether oxygens (including phenoxy) is 4. The Kier molecular flexibility index (Phi) is 3.92. The first-order chi connectivity index (χ1) is 14.7. The zero-order chi connectivity index (χ0) is 20.2. The molecule has 1 aromatic carbocycles. The molecule has 4 aliphatic rings. The molecule has 0 amide bonds. The van der Waals surface area contributed by atoms with Crippen LogP contribution < -0.4 is 4.74 Å². The summed E-state index contributed by atoms with van der Waals surface area (Å²) in [6.07, 6.45) is 5.57. The van der Waals surface area contributed by atoms with Gasteiger partial charge in [-0.2, -0.15) is 5.26 Å². The van der Waals surface area contributed by atoms with Crippen LogP contribution in [0.2, 0.25) is 0 Å². The second-order valence-corrected chi connectivity index (χ2v) is 8.39. The molecule has 6 heteroatoms. The van der Waals surface area contributed by atoms with Gasteiger partial charge in [0, 0.05) is 30.5 Å². The van der Waals surface area contributed by atoms with E-state index in [9.17, 15) is 5.26 Å². The van der Waals surface area contributed by atoms with Gasteiger partial charge in [0.15, 0.2) is 5.79 Å². The highest BCUT2D eigenvalue weighted by Crippen LogP contribution is 2.59. The lowest BCUT2D eigenvalue weighted by Gasteiger charge is -2.49. The van der Waals surface area contributed by atoms with E-state index >= 15 is 0 Å². The molecule has 2 aliphatic carbocycles. The fraction of sp³-hybridized carbons (Fsp3) is 0.417. The molecule has 0 N–H and O–H groups in total. The number of benzene rings is 1. The molecule has 3 heterocycles. The van der Waals surface area contributed by atoms with Crippen LogP contribution in [0.4, 0.5) is 0 Å². The van der Waals surface area contributed by atoms with Gasteiger partial charge in [-0.25, -0.2) is 0 Å². The normalized spacial score (nSPS) is 30.0. The standard InChI is InChI=1S/C24H22N2O4/c25-15-23-6-7-24(29-9-10-30-24)20-14-28-21(22(20)23)12-16-11-18(4-5-19(16)23)27-13-17-3-1-2-8-26-17/h1-5,8,11,14,21-22H,6-7,9-10,12-13H2/t21-,22-,23-/m1/s1. The highest BCUT2D eigenvalue weighted by molar-refractivity contribution is 5.52. The molecule has 1 aromatic heterocycles. The van der Waals surface area contributed by atoms with E-state index in [0.717, 1.165) is 34.6 Å². The van der Waals surface area contributed by atoms with Crippen molar-refractivity contribution in [2.45, 2.75) is 43.2 Å². The van der Waals surface area contributed by atoms with Crippen molar-refractivity contribution in [3.05, 3.63) is 71.3 Å². The van der Waals surface area contributed by atoms with Gasteiger partial charge in [-0.15, -0.1) is 0 Å². The smallest absolute Gasteiger partial charge is 0.194 e. The van der Waals surface area contributed by atoms with Crippen LogP contribution in [0.5, 0.6) is 5.75 Å². The van der Waals surface area contributed by atoms with E-state index in [-0.39, 0.29) is 12.0 Å². The molecule has 2 aromatic rings. The predicted octanol–water partition coefficient (Wildman–Crippen LogP) is 3.41. The van der Waals surface area contributed by atoms with Crippen molar-refractivity contribution < 1.29 is 18.9 Å². The molecule has 0 radical (unpaired) electrons. The summed E-state index contributed by atoms with van der Waals surface area (Å²) in [5, 5.41) is 10.4. The number of fused-ring (bicyclic) bond motifs is 3. The summed E-state index contributed by atoms with van der Waals surface area (Å²) in [4.78, 5) is 4.31. The van der Waals surface area contributed by atoms with Crippen LogP contribution in [0.3, 0.4) is 0 Å². The van der Waals surface area contributed by atoms with Crippen LogP contribution in [0.15, 0.2) is 54.4 Å². The fourth-order valence-corrected chi connectivity index (χ4v) is 5.62. The van der Waals surface area contributed by atoms with Crippen molar-refractivity contribution in [1.82, 2.24) is 4.98 Å². The highest BCUT2D eigenvalue weighted by atomic mass is 16.7. The summed E-state index contributed by atoms with van der Waals surface area (Å²) in [7, 11) is 0. The molecular weight excluding hydrogens is 380 g/mol. The third-order valence-electron chi connectivity index (χ3n) is 6.94. The lowest BCUT2D eigenvalue weighted by atomic mass is 9.55. The molecule has 6 nitrogen and oxygen atoms in total. The third-order valence-corrected chi connectivity index (χ3v) is 6.94. The average Bonchev–Trinajstić information content (AvgIpc) is 3.44. The quantitative estimate of drug-likeness (QED) is 0.783. The van der Waals surface area contributed by atoms with Gasteiger partial charge in [-0.05, 0) is 41.8 Å². The first-order valence-electron chi connectivity index (χ1n) is 10.5. The van der Waals surface area contributed by atoms with Crippen LogP contribution >= 0.6 is 0 Å². The van der Waals surface area contributed by atoms with Crippen molar-refractivity contribution in [3.8, 4) is 11.8 Å². The van der Waals surface area contributed by atoms with E-state index in [4.69, 9.17) is 18.9 Å². The van der Waals surface area contributed by atoms with Gasteiger partial charge in [0.1, 0.15) is 18.5 Å². The molecule has 0 unspecified atom stereocenters. The monoisotopic (exact) mass is 402 g/mol. The Morgan fingerprint density at radius 2 is 2.07 bits per heavy atom. The maximum Gasteiger partial charge on any atom is 0.194 e. The summed E-state index contributed by atoms with van der Waals surface area (Å²) < 4.78 is 24.1. The zero-order valence-corrected chi connectivity index (χ0v) is 16.5. The summed E-state index contributed by atoms with van der Waals surface area (Å²) >= 11 is 0. The minimum absolute atomic E-state index is 0.0397. The van der Waals surface area contributed by atoms with E-state index < -0.39 is 11.2 Å². The lowest BCUT2D eigenvalue weighted by Crippen LogP contribution is -2.54. The van der Waals surface area contributed by atoms with Crippen LogP contribution in [0, 0.1) is 17.2 Å². The van der Waals surface area contributed by atoms with E-state index in [0.29, 0.717) is 32.7 Å². The Balaban J connectivity index is 1.33. The Morgan fingerprint density at radius 3 is 2.87 bits per heavy atom. The van der Waals surface area contributed by atoms with Crippen molar-refractivity contribution in [1.29, 1.82) is 5.26 Å². The van der Waals surface area contributed by atoms with Gasteiger partial charge in [-0.1, -0.05) is 12.1 Å². The number of hydrogen-bond donors (Lipinski definition) is 0. The summed E-state index contributed by atoms with van der Waals surface area (Å²) in [6, 6.07) is 14.5. The third kappa shape index (κ3) is 2.46. The van der Waals surface area contributed by atoms with Gasteiger partial charge < -0.3 is 18.9 Å². The average molecular weight is 402 g/mol. The van der Waals surface area contributed by atoms with Crippen molar-refractivity contribution in [2.75, 3.05) is 13.2 Å². The van der Waals surface area contributed by atoms with Gasteiger partial charge in [0.25, 0.3) is 0 Å². The largest absolute Gasteiger partial charge is 0.497 e. The Bertz CT molecular complexity index is 1050. The van der Waals surface area contributed by atoms with Gasteiger partial charge >= 0.3 is 0 Å². The minimum atomic E-state index is -0.705. The Labute approximate surface area is 175 Å². The van der Waals surface area contributed by atoms with Crippen LogP contribution in [0.1, 0.15) is 29.7 Å². The summed E-state index contributed by atoms with van der Waals surface area (Å²) in [5.41, 5.74) is 3.46. The second kappa shape index (κ2) is 6.56. The molecule has 3 atom stereocenters. The Hall–Kier alpha value is -2.88. The molecular formula is C24H22N2O4. The zero-order valence-electron chi connectivity index (χ0n) is 16.5. The van der Waals surface area contributed by atoms with Crippen LogP contribution in [-0.4, -0.2) is 30.1 Å². The fourth-order valence-electron chi connectivity index (χ4n) is 5.62. The van der Waals surface area contributed by atoms with Crippen molar-refractivity contribution in [2.24, 2.45) is 5.92 Å². The lowest BCUT2D eigenvalue weighted by molar-refractivity contribution is -0.154. The molecule has 1 saturated carbocycles. The molecule has 152 valence electrons. The minimum Gasteiger partial charge on any atom is -0.497 e. The number of nitrogens with zero attached hydrogens (tertiary/aromatic N) is 2. The first-order valence-corrected chi connectivity index (χ1v) is 10.5. The first kappa shape index (κ1) is 17.9. The summed E-state index contributed by atoms with van der Waals surface area (Å²) in [5.74, 6) is 0.0391. The number of pyridine rings is 1. The van der Waals surface area contributed by atoms with Gasteiger partial charge in [-0.3, -0.25) is 4.98 Å². The predicted molar refractivity (Wildman–Crippen MR) is 106 cm³/mol.